The second-order valence-corrected chi connectivity index (χ2v) is 4.51. The van der Waals surface area contributed by atoms with E-state index < -0.39 is 23.4 Å². The number of carboxylic acids is 1. The van der Waals surface area contributed by atoms with Crippen LogP contribution < -0.4 is 16.4 Å². The van der Waals surface area contributed by atoms with Gasteiger partial charge >= 0.3 is 12.0 Å². The van der Waals surface area contributed by atoms with Crippen LogP contribution in [0.25, 0.3) is 0 Å². The van der Waals surface area contributed by atoms with Crippen LogP contribution in [0, 0.1) is 0 Å². The minimum Gasteiger partial charge on any atom is -0.480 e. The van der Waals surface area contributed by atoms with E-state index in [-0.39, 0.29) is 12.0 Å². The molecule has 0 radical (unpaired) electrons. The Balaban J connectivity index is 2.92. The number of rotatable bonds is 5. The van der Waals surface area contributed by atoms with Crippen LogP contribution in [0.1, 0.15) is 30.6 Å². The Morgan fingerprint density at radius 3 is 2.50 bits per heavy atom. The number of carbonyl (C=O) groups excluding carboxylic acids is 2. The lowest BCUT2D eigenvalue weighted by molar-refractivity contribution is -0.143. The lowest BCUT2D eigenvalue weighted by atomic mass is 9.98. The van der Waals surface area contributed by atoms with Crippen molar-refractivity contribution < 1.29 is 19.5 Å². The molecule has 0 aromatic heterocycles. The summed E-state index contributed by atoms with van der Waals surface area (Å²) in [4.78, 5) is 33.9. The number of anilines is 1. The maximum Gasteiger partial charge on any atom is 0.329 e. The third-order valence-electron chi connectivity index (χ3n) is 2.96. The Morgan fingerprint density at radius 2 is 2.00 bits per heavy atom. The molecule has 20 heavy (non-hydrogen) atoms. The molecule has 7 nitrogen and oxygen atoms in total. The molecule has 1 aromatic rings. The van der Waals surface area contributed by atoms with Gasteiger partial charge in [-0.1, -0.05) is 13.0 Å². The van der Waals surface area contributed by atoms with E-state index in [9.17, 15) is 14.4 Å². The third kappa shape index (κ3) is 3.71. The normalized spacial score (nSPS) is 13.1. The summed E-state index contributed by atoms with van der Waals surface area (Å²) < 4.78 is 0. The van der Waals surface area contributed by atoms with Gasteiger partial charge in [0, 0.05) is 11.3 Å². The van der Waals surface area contributed by atoms with Crippen molar-refractivity contribution in [2.24, 2.45) is 5.73 Å². The molecule has 0 saturated heterocycles. The first-order valence-corrected chi connectivity index (χ1v) is 6.01. The number of nitrogens with one attached hydrogen (secondary N) is 2. The number of primary amides is 1. The molecule has 1 atom stereocenters. The molecule has 1 rings (SSSR count). The van der Waals surface area contributed by atoms with Crippen molar-refractivity contribution in [1.82, 2.24) is 5.32 Å². The second kappa shape index (κ2) is 6.05. The highest BCUT2D eigenvalue weighted by Gasteiger charge is 2.33. The van der Waals surface area contributed by atoms with Gasteiger partial charge in [0.25, 0.3) is 5.91 Å². The predicted molar refractivity (Wildman–Crippen MR) is 73.4 cm³/mol. The summed E-state index contributed by atoms with van der Waals surface area (Å²) in [6, 6.07) is 5.31. The Bertz CT molecular complexity index is 544. The average molecular weight is 279 g/mol. The smallest absolute Gasteiger partial charge is 0.329 e. The van der Waals surface area contributed by atoms with Gasteiger partial charge in [0.05, 0.1) is 0 Å². The highest BCUT2D eigenvalue weighted by Crippen LogP contribution is 2.14. The van der Waals surface area contributed by atoms with Gasteiger partial charge in [0.1, 0.15) is 5.54 Å². The van der Waals surface area contributed by atoms with Gasteiger partial charge < -0.3 is 21.5 Å². The minimum absolute atomic E-state index is 0.233. The summed E-state index contributed by atoms with van der Waals surface area (Å²) in [6.07, 6.45) is 0.243. The summed E-state index contributed by atoms with van der Waals surface area (Å²) in [5, 5.41) is 13.9. The zero-order chi connectivity index (χ0) is 15.3. The van der Waals surface area contributed by atoms with Crippen molar-refractivity contribution in [3.8, 4) is 0 Å². The molecule has 0 aliphatic heterocycles. The third-order valence-corrected chi connectivity index (χ3v) is 2.96. The molecule has 1 aromatic carbocycles. The van der Waals surface area contributed by atoms with E-state index in [2.05, 4.69) is 10.6 Å². The maximum atomic E-state index is 12.0. The Kier molecular flexibility index (Phi) is 4.68. The van der Waals surface area contributed by atoms with Crippen molar-refractivity contribution >= 4 is 23.6 Å². The van der Waals surface area contributed by atoms with Crippen molar-refractivity contribution in [2.45, 2.75) is 25.8 Å². The maximum absolute atomic E-state index is 12.0. The van der Waals surface area contributed by atoms with E-state index in [0.29, 0.717) is 5.69 Å². The molecule has 1 unspecified atom stereocenters. The molecule has 0 bridgehead atoms. The standard InChI is InChI=1S/C13H17N3O4/c1-3-13(2,11(18)19)16-10(17)8-5-4-6-9(7-8)15-12(14)20/h4-7H,3H2,1-2H3,(H,16,17)(H,18,19)(H3,14,15,20). The van der Waals surface area contributed by atoms with Crippen molar-refractivity contribution in [2.75, 3.05) is 5.32 Å². The molecule has 0 fully saturated rings. The summed E-state index contributed by atoms with van der Waals surface area (Å²) in [5.41, 5.74) is 4.24. The van der Waals surface area contributed by atoms with Gasteiger partial charge in [-0.2, -0.15) is 0 Å². The van der Waals surface area contributed by atoms with E-state index >= 15 is 0 Å². The zero-order valence-corrected chi connectivity index (χ0v) is 11.3. The van der Waals surface area contributed by atoms with E-state index in [4.69, 9.17) is 10.8 Å². The molecule has 0 aliphatic rings. The molecule has 108 valence electrons. The van der Waals surface area contributed by atoms with Crippen LogP contribution in [0.3, 0.4) is 0 Å². The van der Waals surface area contributed by atoms with E-state index in [1.807, 2.05) is 0 Å². The number of amides is 3. The molecule has 0 heterocycles. The molecule has 0 aliphatic carbocycles. The van der Waals surface area contributed by atoms with Gasteiger partial charge in [-0.3, -0.25) is 4.79 Å². The van der Waals surface area contributed by atoms with Crippen LogP contribution >= 0.6 is 0 Å². The van der Waals surface area contributed by atoms with Crippen LogP contribution in [0.5, 0.6) is 0 Å². The molecular weight excluding hydrogens is 262 g/mol. The Morgan fingerprint density at radius 1 is 1.35 bits per heavy atom. The zero-order valence-electron chi connectivity index (χ0n) is 11.3. The fraction of sp³-hybridized carbons (Fsp3) is 0.308. The van der Waals surface area contributed by atoms with E-state index in [0.717, 1.165) is 0 Å². The number of nitrogens with two attached hydrogens (primary N) is 1. The highest BCUT2D eigenvalue weighted by molar-refractivity contribution is 5.99. The van der Waals surface area contributed by atoms with Crippen molar-refractivity contribution in [3.63, 3.8) is 0 Å². The van der Waals surface area contributed by atoms with Crippen LogP contribution in [0.2, 0.25) is 0 Å². The van der Waals surface area contributed by atoms with Gasteiger partial charge in [-0.05, 0) is 31.5 Å². The van der Waals surface area contributed by atoms with Crippen molar-refractivity contribution in [1.29, 1.82) is 0 Å². The number of aliphatic carboxylic acids is 1. The first-order chi connectivity index (χ1) is 9.28. The SMILES string of the molecule is CCC(C)(NC(=O)c1cccc(NC(N)=O)c1)C(=O)O. The first-order valence-electron chi connectivity index (χ1n) is 6.01. The summed E-state index contributed by atoms with van der Waals surface area (Å²) in [5.74, 6) is -1.65. The average Bonchev–Trinajstić information content (AvgIpc) is 2.37. The predicted octanol–water partition coefficient (Wildman–Crippen LogP) is 1.16. The van der Waals surface area contributed by atoms with Gasteiger partial charge in [-0.25, -0.2) is 9.59 Å². The van der Waals surface area contributed by atoms with Gasteiger partial charge in [-0.15, -0.1) is 0 Å². The topological polar surface area (TPSA) is 122 Å². The van der Waals surface area contributed by atoms with Crippen LogP contribution in [0.4, 0.5) is 10.5 Å². The number of urea groups is 1. The fourth-order valence-electron chi connectivity index (χ4n) is 1.50. The minimum atomic E-state index is -1.34. The Hall–Kier alpha value is -2.57. The number of hydrogen-bond acceptors (Lipinski definition) is 3. The molecule has 0 saturated carbocycles. The lowest BCUT2D eigenvalue weighted by Gasteiger charge is -2.24. The molecule has 5 N–H and O–H groups in total. The second-order valence-electron chi connectivity index (χ2n) is 4.51. The summed E-state index contributed by atoms with van der Waals surface area (Å²) in [6.45, 7) is 3.10. The summed E-state index contributed by atoms with van der Waals surface area (Å²) in [7, 11) is 0. The van der Waals surface area contributed by atoms with E-state index in [1.165, 1.54) is 19.1 Å². The monoisotopic (exact) mass is 279 g/mol. The Labute approximate surface area is 116 Å². The molecule has 3 amide bonds. The van der Waals surface area contributed by atoms with Gasteiger partial charge in [0.15, 0.2) is 0 Å². The number of benzene rings is 1. The molecular formula is C13H17N3O4. The quantitative estimate of drug-likeness (QED) is 0.646. The van der Waals surface area contributed by atoms with E-state index in [1.54, 1.807) is 19.1 Å². The first kappa shape index (κ1) is 15.5. The highest BCUT2D eigenvalue weighted by atomic mass is 16.4. The number of carbonyl (C=O) groups is 3. The fourth-order valence-corrected chi connectivity index (χ4v) is 1.50. The molecule has 7 heteroatoms. The van der Waals surface area contributed by atoms with Crippen LogP contribution in [-0.4, -0.2) is 28.6 Å². The molecule has 0 spiro atoms. The van der Waals surface area contributed by atoms with Crippen LogP contribution in [0.15, 0.2) is 24.3 Å². The number of carboxylic acid groups (broad SMARTS) is 1. The largest absolute Gasteiger partial charge is 0.480 e. The van der Waals surface area contributed by atoms with Gasteiger partial charge in [0.2, 0.25) is 0 Å². The number of hydrogen-bond donors (Lipinski definition) is 4. The van der Waals surface area contributed by atoms with Crippen molar-refractivity contribution in [3.05, 3.63) is 29.8 Å². The lowest BCUT2D eigenvalue weighted by Crippen LogP contribution is -2.51. The van der Waals surface area contributed by atoms with Crippen LogP contribution in [-0.2, 0) is 4.79 Å². The summed E-state index contributed by atoms with van der Waals surface area (Å²) >= 11 is 0.